The molecule has 1 aliphatic heterocycles. The highest BCUT2D eigenvalue weighted by atomic mass is 32.2. The molecule has 2 heterocycles. The maximum Gasteiger partial charge on any atom is 0.263 e. The molecular weight excluding hydrogens is 416 g/mol. The van der Waals surface area contributed by atoms with Gasteiger partial charge in [0.25, 0.3) is 15.9 Å². The van der Waals surface area contributed by atoms with Crippen molar-refractivity contribution in [1.29, 1.82) is 0 Å². The van der Waals surface area contributed by atoms with Gasteiger partial charge in [0.15, 0.2) is 0 Å². The summed E-state index contributed by atoms with van der Waals surface area (Å²) >= 11 is 0. The first-order chi connectivity index (χ1) is 15.0. The van der Waals surface area contributed by atoms with Crippen molar-refractivity contribution in [2.24, 2.45) is 0 Å². The van der Waals surface area contributed by atoms with Gasteiger partial charge in [-0.1, -0.05) is 18.6 Å². The van der Waals surface area contributed by atoms with E-state index in [-0.39, 0.29) is 16.6 Å². The molecule has 8 nitrogen and oxygen atoms in total. The fraction of sp³-hybridized carbons (Fsp3) is 0.364. The van der Waals surface area contributed by atoms with E-state index in [1.807, 2.05) is 18.2 Å². The number of aromatic nitrogens is 2. The second kappa shape index (κ2) is 9.49. The molecule has 1 fully saturated rings. The summed E-state index contributed by atoms with van der Waals surface area (Å²) < 4.78 is 39.4. The zero-order valence-electron chi connectivity index (χ0n) is 17.5. The van der Waals surface area contributed by atoms with E-state index in [0.29, 0.717) is 23.4 Å². The Morgan fingerprint density at radius 2 is 1.65 bits per heavy atom. The standard InChI is InChI=1S/C22H26N4O4S/c1-29-17-9-11-18(12-10-17)31(27,28)25-21-22(24-20-8-4-3-7-19(20)23-21)30-16-15-26-13-5-2-6-14-26/h3-4,7-12H,2,5-6,13-16H2,1H3,(H,23,25). The molecule has 0 saturated carbocycles. The van der Waals surface area contributed by atoms with Crippen LogP contribution in [0.3, 0.4) is 0 Å². The Morgan fingerprint density at radius 3 is 2.32 bits per heavy atom. The summed E-state index contributed by atoms with van der Waals surface area (Å²) in [4.78, 5) is 11.4. The number of para-hydroxylation sites is 2. The van der Waals surface area contributed by atoms with E-state index in [0.717, 1.165) is 19.6 Å². The first-order valence-corrected chi connectivity index (χ1v) is 11.8. The highest BCUT2D eigenvalue weighted by Crippen LogP contribution is 2.26. The molecule has 0 bridgehead atoms. The van der Waals surface area contributed by atoms with Crippen LogP contribution in [-0.4, -0.2) is 56.6 Å². The number of fused-ring (bicyclic) bond motifs is 1. The third-order valence-corrected chi connectivity index (χ3v) is 6.59. The summed E-state index contributed by atoms with van der Waals surface area (Å²) in [6, 6.07) is 13.4. The van der Waals surface area contributed by atoms with Crippen LogP contribution in [-0.2, 0) is 10.0 Å². The summed E-state index contributed by atoms with van der Waals surface area (Å²) in [5, 5.41) is 0. The average Bonchev–Trinajstić information content (AvgIpc) is 2.80. The molecule has 1 aromatic heterocycles. The maximum atomic E-state index is 12.9. The number of piperidine rings is 1. The number of nitrogens with one attached hydrogen (secondary N) is 1. The van der Waals surface area contributed by atoms with Crippen LogP contribution >= 0.6 is 0 Å². The van der Waals surface area contributed by atoms with Crippen molar-refractivity contribution < 1.29 is 17.9 Å². The Balaban J connectivity index is 1.57. The van der Waals surface area contributed by atoms with Gasteiger partial charge in [-0.25, -0.2) is 18.4 Å². The third kappa shape index (κ3) is 5.23. The second-order valence-electron chi connectivity index (χ2n) is 7.40. The second-order valence-corrected chi connectivity index (χ2v) is 9.08. The molecule has 4 rings (SSSR count). The quantitative estimate of drug-likeness (QED) is 0.572. The minimum absolute atomic E-state index is 0.0770. The van der Waals surface area contributed by atoms with Crippen molar-refractivity contribution in [2.45, 2.75) is 24.2 Å². The normalized spacial score (nSPS) is 15.0. The minimum atomic E-state index is -3.87. The molecule has 2 aromatic carbocycles. The number of rotatable bonds is 8. The van der Waals surface area contributed by atoms with Crippen LogP contribution in [0, 0.1) is 0 Å². The van der Waals surface area contributed by atoms with Gasteiger partial charge in [0.2, 0.25) is 5.82 Å². The predicted molar refractivity (Wildman–Crippen MR) is 119 cm³/mol. The number of nitrogens with zero attached hydrogens (tertiary/aromatic N) is 3. The minimum Gasteiger partial charge on any atom is -0.497 e. The zero-order chi connectivity index (χ0) is 21.7. The molecule has 1 N–H and O–H groups in total. The molecular formula is C22H26N4O4S. The first-order valence-electron chi connectivity index (χ1n) is 10.3. The number of anilines is 1. The van der Waals surface area contributed by atoms with Crippen LogP contribution in [0.2, 0.25) is 0 Å². The van der Waals surface area contributed by atoms with E-state index in [1.165, 1.54) is 38.5 Å². The van der Waals surface area contributed by atoms with Crippen molar-refractivity contribution in [3.8, 4) is 11.6 Å². The molecule has 0 amide bonds. The Bertz CT molecular complexity index is 1130. The lowest BCUT2D eigenvalue weighted by atomic mass is 10.1. The largest absolute Gasteiger partial charge is 0.497 e. The SMILES string of the molecule is COc1ccc(S(=O)(=O)Nc2nc3ccccc3nc2OCCN2CCCCC2)cc1. The lowest BCUT2D eigenvalue weighted by Gasteiger charge is -2.26. The van der Waals surface area contributed by atoms with E-state index in [4.69, 9.17) is 9.47 Å². The van der Waals surface area contributed by atoms with Crippen LogP contribution in [0.1, 0.15) is 19.3 Å². The van der Waals surface area contributed by atoms with Gasteiger partial charge in [-0.2, -0.15) is 0 Å². The number of benzene rings is 2. The van der Waals surface area contributed by atoms with Gasteiger partial charge in [-0.05, 0) is 62.3 Å². The molecule has 0 unspecified atom stereocenters. The van der Waals surface area contributed by atoms with Crippen molar-refractivity contribution >= 4 is 26.9 Å². The average molecular weight is 443 g/mol. The fourth-order valence-corrected chi connectivity index (χ4v) is 4.55. The van der Waals surface area contributed by atoms with Gasteiger partial charge in [0, 0.05) is 6.54 Å². The molecule has 0 spiro atoms. The summed E-state index contributed by atoms with van der Waals surface area (Å²) in [5.74, 6) is 0.826. The lowest BCUT2D eigenvalue weighted by Crippen LogP contribution is -2.33. The Hall–Kier alpha value is -2.91. The van der Waals surface area contributed by atoms with Crippen molar-refractivity contribution in [1.82, 2.24) is 14.9 Å². The van der Waals surface area contributed by atoms with Gasteiger partial charge in [0.05, 0.1) is 23.0 Å². The smallest absolute Gasteiger partial charge is 0.263 e. The highest BCUT2D eigenvalue weighted by molar-refractivity contribution is 7.92. The lowest BCUT2D eigenvalue weighted by molar-refractivity contribution is 0.181. The highest BCUT2D eigenvalue weighted by Gasteiger charge is 2.20. The maximum absolute atomic E-state index is 12.9. The van der Waals surface area contributed by atoms with Crippen LogP contribution in [0.25, 0.3) is 11.0 Å². The molecule has 0 radical (unpaired) electrons. The molecule has 3 aromatic rings. The number of sulfonamides is 1. The van der Waals surface area contributed by atoms with Gasteiger partial charge in [-0.3, -0.25) is 9.62 Å². The van der Waals surface area contributed by atoms with E-state index < -0.39 is 10.0 Å². The number of likely N-dealkylation sites (tertiary alicyclic amines) is 1. The van der Waals surface area contributed by atoms with Gasteiger partial charge < -0.3 is 9.47 Å². The van der Waals surface area contributed by atoms with Gasteiger partial charge in [0.1, 0.15) is 12.4 Å². The van der Waals surface area contributed by atoms with E-state index in [1.54, 1.807) is 18.2 Å². The van der Waals surface area contributed by atoms with Crippen LogP contribution in [0.15, 0.2) is 53.4 Å². The predicted octanol–water partition coefficient (Wildman–Crippen LogP) is 3.30. The van der Waals surface area contributed by atoms with E-state index in [9.17, 15) is 8.42 Å². The molecule has 164 valence electrons. The van der Waals surface area contributed by atoms with Crippen LogP contribution < -0.4 is 14.2 Å². The number of hydrogen-bond acceptors (Lipinski definition) is 7. The molecule has 0 aliphatic carbocycles. The molecule has 0 atom stereocenters. The summed E-state index contributed by atoms with van der Waals surface area (Å²) in [6.07, 6.45) is 3.66. The van der Waals surface area contributed by atoms with E-state index >= 15 is 0 Å². The summed E-state index contributed by atoms with van der Waals surface area (Å²) in [7, 11) is -2.35. The summed E-state index contributed by atoms with van der Waals surface area (Å²) in [6.45, 7) is 3.29. The molecule has 1 saturated heterocycles. The van der Waals surface area contributed by atoms with Crippen molar-refractivity contribution in [2.75, 3.05) is 38.1 Å². The number of ether oxygens (including phenoxy) is 2. The molecule has 1 aliphatic rings. The van der Waals surface area contributed by atoms with Crippen molar-refractivity contribution in [3.63, 3.8) is 0 Å². The van der Waals surface area contributed by atoms with Gasteiger partial charge in [-0.15, -0.1) is 0 Å². The first kappa shape index (κ1) is 21.3. The Kier molecular flexibility index (Phi) is 6.53. The van der Waals surface area contributed by atoms with Crippen molar-refractivity contribution in [3.05, 3.63) is 48.5 Å². The topological polar surface area (TPSA) is 93.7 Å². The third-order valence-electron chi connectivity index (χ3n) is 5.23. The van der Waals surface area contributed by atoms with Gasteiger partial charge >= 0.3 is 0 Å². The van der Waals surface area contributed by atoms with E-state index in [2.05, 4.69) is 19.6 Å². The summed E-state index contributed by atoms with van der Waals surface area (Å²) in [5.41, 5.74) is 1.22. The number of hydrogen-bond donors (Lipinski definition) is 1. The number of methoxy groups -OCH3 is 1. The zero-order valence-corrected chi connectivity index (χ0v) is 18.3. The van der Waals surface area contributed by atoms with Crippen LogP contribution in [0.4, 0.5) is 5.82 Å². The molecule has 31 heavy (non-hydrogen) atoms. The molecule has 9 heteroatoms. The Morgan fingerprint density at radius 1 is 0.968 bits per heavy atom. The Labute approximate surface area is 182 Å². The fourth-order valence-electron chi connectivity index (χ4n) is 3.55. The monoisotopic (exact) mass is 442 g/mol. The van der Waals surface area contributed by atoms with Crippen LogP contribution in [0.5, 0.6) is 11.6 Å².